The van der Waals surface area contributed by atoms with Crippen molar-refractivity contribution in [1.82, 2.24) is 5.32 Å². The summed E-state index contributed by atoms with van der Waals surface area (Å²) in [5.41, 5.74) is 0.911. The highest BCUT2D eigenvalue weighted by atomic mass is 79.9. The van der Waals surface area contributed by atoms with Gasteiger partial charge >= 0.3 is 0 Å². The van der Waals surface area contributed by atoms with Crippen LogP contribution in [0.25, 0.3) is 0 Å². The molecule has 1 N–H and O–H groups in total. The van der Waals surface area contributed by atoms with Gasteiger partial charge in [-0.15, -0.1) is 0 Å². The van der Waals surface area contributed by atoms with Crippen LogP contribution < -0.4 is 5.32 Å². The lowest BCUT2D eigenvalue weighted by molar-refractivity contribution is 0.204. The molecule has 1 aromatic carbocycles. The van der Waals surface area contributed by atoms with Gasteiger partial charge in [-0.25, -0.2) is 4.39 Å². The highest BCUT2D eigenvalue weighted by Gasteiger charge is 2.32. The molecule has 1 aliphatic carbocycles. The van der Waals surface area contributed by atoms with Crippen LogP contribution in [-0.4, -0.2) is 12.6 Å². The van der Waals surface area contributed by atoms with Crippen LogP contribution in [0.15, 0.2) is 22.7 Å². The van der Waals surface area contributed by atoms with Crippen molar-refractivity contribution in [3.8, 4) is 0 Å². The number of nitrogens with one attached hydrogen (secondary N) is 1. The van der Waals surface area contributed by atoms with E-state index in [1.54, 1.807) is 6.07 Å². The molecule has 0 amide bonds. The molecular formula is C16H23BrFN. The Morgan fingerprint density at radius 1 is 1.42 bits per heavy atom. The van der Waals surface area contributed by atoms with E-state index in [1.807, 2.05) is 12.1 Å². The molecule has 0 saturated heterocycles. The molecule has 1 aliphatic rings. The van der Waals surface area contributed by atoms with Gasteiger partial charge in [0.25, 0.3) is 0 Å². The van der Waals surface area contributed by atoms with Crippen LogP contribution in [0.5, 0.6) is 0 Å². The van der Waals surface area contributed by atoms with E-state index in [4.69, 9.17) is 0 Å². The van der Waals surface area contributed by atoms with Crippen molar-refractivity contribution in [1.29, 1.82) is 0 Å². The Labute approximate surface area is 124 Å². The van der Waals surface area contributed by atoms with Crippen LogP contribution in [0.1, 0.15) is 39.2 Å². The molecule has 0 spiro atoms. The maximum absolute atomic E-state index is 14.0. The lowest BCUT2D eigenvalue weighted by atomic mass is 9.74. The van der Waals surface area contributed by atoms with Crippen LogP contribution in [0.2, 0.25) is 0 Å². The number of hydrogen-bond acceptors (Lipinski definition) is 1. The second-order valence-corrected chi connectivity index (χ2v) is 7.29. The molecule has 106 valence electrons. The Morgan fingerprint density at radius 3 is 2.63 bits per heavy atom. The minimum absolute atomic E-state index is 0.0945. The molecule has 1 unspecified atom stereocenters. The summed E-state index contributed by atoms with van der Waals surface area (Å²) in [6.07, 6.45) is 3.37. The quantitative estimate of drug-likeness (QED) is 0.808. The fraction of sp³-hybridized carbons (Fsp3) is 0.625. The number of benzene rings is 1. The van der Waals surface area contributed by atoms with Gasteiger partial charge < -0.3 is 5.32 Å². The SMILES string of the molecule is CC(C)C(C)(CNC1CC1)Cc1ccc(Br)cc1F. The first-order chi connectivity index (χ1) is 8.90. The zero-order valence-electron chi connectivity index (χ0n) is 12.0. The third kappa shape index (κ3) is 4.03. The van der Waals surface area contributed by atoms with Gasteiger partial charge in [0.1, 0.15) is 5.82 Å². The van der Waals surface area contributed by atoms with Crippen LogP contribution in [0, 0.1) is 17.2 Å². The lowest BCUT2D eigenvalue weighted by Gasteiger charge is -2.34. The van der Waals surface area contributed by atoms with E-state index in [9.17, 15) is 4.39 Å². The predicted octanol–water partition coefficient (Wildman–Crippen LogP) is 4.55. The standard InChI is InChI=1S/C16H23BrFN/c1-11(2)16(3,10-19-14-6-7-14)9-12-4-5-13(17)8-15(12)18/h4-5,8,11,14,19H,6-7,9-10H2,1-3H3. The van der Waals surface area contributed by atoms with Crippen molar-refractivity contribution < 1.29 is 4.39 Å². The van der Waals surface area contributed by atoms with Crippen molar-refractivity contribution in [2.45, 2.75) is 46.1 Å². The van der Waals surface area contributed by atoms with E-state index < -0.39 is 0 Å². The van der Waals surface area contributed by atoms with E-state index in [0.29, 0.717) is 12.0 Å². The zero-order chi connectivity index (χ0) is 14.0. The third-order valence-corrected chi connectivity index (χ3v) is 4.87. The van der Waals surface area contributed by atoms with Crippen molar-refractivity contribution in [2.75, 3.05) is 6.54 Å². The summed E-state index contributed by atoms with van der Waals surface area (Å²) in [5.74, 6) is 0.412. The summed E-state index contributed by atoms with van der Waals surface area (Å²) in [6.45, 7) is 7.68. The first-order valence-electron chi connectivity index (χ1n) is 7.08. The van der Waals surface area contributed by atoms with Gasteiger partial charge in [0.15, 0.2) is 0 Å². The number of hydrogen-bond donors (Lipinski definition) is 1. The van der Waals surface area contributed by atoms with Gasteiger partial charge in [-0.05, 0) is 48.3 Å². The van der Waals surface area contributed by atoms with Crippen LogP contribution in [-0.2, 0) is 6.42 Å². The van der Waals surface area contributed by atoms with Gasteiger partial charge in [0, 0.05) is 17.1 Å². The Morgan fingerprint density at radius 2 is 2.11 bits per heavy atom. The molecule has 0 heterocycles. The highest BCUT2D eigenvalue weighted by Crippen LogP contribution is 2.33. The highest BCUT2D eigenvalue weighted by molar-refractivity contribution is 9.10. The fourth-order valence-corrected chi connectivity index (χ4v) is 2.57. The van der Waals surface area contributed by atoms with Crippen LogP contribution in [0.4, 0.5) is 4.39 Å². The summed E-state index contributed by atoms with van der Waals surface area (Å²) in [5, 5.41) is 3.60. The first kappa shape index (κ1) is 15.0. The van der Waals surface area contributed by atoms with Crippen LogP contribution >= 0.6 is 15.9 Å². The first-order valence-corrected chi connectivity index (χ1v) is 7.87. The summed E-state index contributed by atoms with van der Waals surface area (Å²) >= 11 is 3.31. The van der Waals surface area contributed by atoms with Gasteiger partial charge in [-0.3, -0.25) is 0 Å². The average molecular weight is 328 g/mol. The van der Waals surface area contributed by atoms with Crippen molar-refractivity contribution >= 4 is 15.9 Å². The number of rotatable bonds is 6. The van der Waals surface area contributed by atoms with E-state index in [0.717, 1.165) is 23.0 Å². The Balaban J connectivity index is 2.09. The molecule has 0 aliphatic heterocycles. The van der Waals surface area contributed by atoms with Crippen molar-refractivity contribution in [2.24, 2.45) is 11.3 Å². The molecule has 2 rings (SSSR count). The molecule has 1 aromatic rings. The molecule has 1 saturated carbocycles. The molecular weight excluding hydrogens is 305 g/mol. The molecule has 3 heteroatoms. The largest absolute Gasteiger partial charge is 0.313 e. The third-order valence-electron chi connectivity index (χ3n) is 4.38. The topological polar surface area (TPSA) is 12.0 Å². The summed E-state index contributed by atoms with van der Waals surface area (Å²) < 4.78 is 14.8. The predicted molar refractivity (Wildman–Crippen MR) is 81.8 cm³/mol. The number of halogens is 2. The molecule has 1 atom stereocenters. The Hall–Kier alpha value is -0.410. The van der Waals surface area contributed by atoms with Gasteiger partial charge in [0.05, 0.1) is 0 Å². The lowest BCUT2D eigenvalue weighted by Crippen LogP contribution is -2.39. The fourth-order valence-electron chi connectivity index (χ4n) is 2.24. The Bertz CT molecular complexity index is 442. The summed E-state index contributed by atoms with van der Waals surface area (Å²) in [7, 11) is 0. The smallest absolute Gasteiger partial charge is 0.127 e. The van der Waals surface area contributed by atoms with Crippen molar-refractivity contribution in [3.63, 3.8) is 0 Å². The van der Waals surface area contributed by atoms with Crippen LogP contribution in [0.3, 0.4) is 0 Å². The minimum atomic E-state index is -0.104. The normalized spacial score (nSPS) is 18.6. The van der Waals surface area contributed by atoms with Gasteiger partial charge in [-0.2, -0.15) is 0 Å². The van der Waals surface area contributed by atoms with E-state index in [1.165, 1.54) is 12.8 Å². The molecule has 1 fully saturated rings. The average Bonchev–Trinajstić information content (AvgIpc) is 3.14. The molecule has 0 radical (unpaired) electrons. The summed E-state index contributed by atoms with van der Waals surface area (Å²) in [6, 6.07) is 6.09. The van der Waals surface area contributed by atoms with E-state index in [2.05, 4.69) is 42.0 Å². The molecule has 0 aromatic heterocycles. The maximum Gasteiger partial charge on any atom is 0.127 e. The van der Waals surface area contributed by atoms with E-state index >= 15 is 0 Å². The molecule has 0 bridgehead atoms. The monoisotopic (exact) mass is 327 g/mol. The van der Waals surface area contributed by atoms with Crippen molar-refractivity contribution in [3.05, 3.63) is 34.1 Å². The van der Waals surface area contributed by atoms with Gasteiger partial charge in [-0.1, -0.05) is 42.8 Å². The minimum Gasteiger partial charge on any atom is -0.313 e. The Kier molecular flexibility index (Phi) is 4.67. The summed E-state index contributed by atoms with van der Waals surface area (Å²) in [4.78, 5) is 0. The molecule has 1 nitrogen and oxygen atoms in total. The second-order valence-electron chi connectivity index (χ2n) is 6.38. The maximum atomic E-state index is 14.0. The zero-order valence-corrected chi connectivity index (χ0v) is 13.6. The van der Waals surface area contributed by atoms with E-state index in [-0.39, 0.29) is 11.2 Å². The van der Waals surface area contributed by atoms with Gasteiger partial charge in [0.2, 0.25) is 0 Å². The molecule has 19 heavy (non-hydrogen) atoms. The second kappa shape index (κ2) is 5.92.